The number of ketones is 1. The fourth-order valence-electron chi connectivity index (χ4n) is 2.59. The topological polar surface area (TPSA) is 65.2 Å². The van der Waals surface area contributed by atoms with Gasteiger partial charge in [0.05, 0.1) is 6.33 Å². The van der Waals surface area contributed by atoms with Crippen LogP contribution in [0, 0.1) is 6.92 Å². The van der Waals surface area contributed by atoms with E-state index >= 15 is 0 Å². The Labute approximate surface area is 162 Å². The number of hydrogen-bond donors (Lipinski definition) is 0. The highest BCUT2D eigenvalue weighted by atomic mass is 19.1. The van der Waals surface area contributed by atoms with Crippen molar-refractivity contribution in [1.82, 2.24) is 10.2 Å². The number of nitrogens with zero attached hydrogens (tertiary/aromatic N) is 2. The molecule has 0 unspecified atom stereocenters. The largest absolute Gasteiger partial charge is 0.489 e. The minimum atomic E-state index is 0.00540. The van der Waals surface area contributed by atoms with Gasteiger partial charge < -0.3 is 9.15 Å². The average Bonchev–Trinajstić information content (AvgIpc) is 3.16. The van der Waals surface area contributed by atoms with Gasteiger partial charge in [0.25, 0.3) is 0 Å². The Kier molecular flexibility index (Phi) is 6.32. The lowest BCUT2D eigenvalue weighted by atomic mass is 10.0. The third kappa shape index (κ3) is 4.91. The molecule has 28 heavy (non-hydrogen) atoms. The molecule has 1 aromatic heterocycles. The first kappa shape index (κ1) is 19.5. The van der Waals surface area contributed by atoms with E-state index in [0.29, 0.717) is 41.4 Å². The van der Waals surface area contributed by atoms with Crippen molar-refractivity contribution in [2.45, 2.75) is 26.7 Å². The first-order valence-corrected chi connectivity index (χ1v) is 9.02. The van der Waals surface area contributed by atoms with Gasteiger partial charge in [-0.05, 0) is 54.0 Å². The summed E-state index contributed by atoms with van der Waals surface area (Å²) in [7, 11) is 0. The van der Waals surface area contributed by atoms with E-state index in [1.165, 1.54) is 0 Å². The number of benzene rings is 2. The number of hydrogen-bond acceptors (Lipinski definition) is 5. The van der Waals surface area contributed by atoms with Gasteiger partial charge in [0.1, 0.15) is 12.4 Å². The van der Waals surface area contributed by atoms with Crippen molar-refractivity contribution in [1.29, 1.82) is 0 Å². The molecule has 0 amide bonds. The summed E-state index contributed by atoms with van der Waals surface area (Å²) in [6.45, 7) is 3.80. The van der Waals surface area contributed by atoms with Crippen molar-refractivity contribution in [2.75, 3.05) is 6.61 Å². The fraction of sp³-hybridized carbons (Fsp3) is 0.227. The predicted octanol–water partition coefficient (Wildman–Crippen LogP) is 5.11. The summed E-state index contributed by atoms with van der Waals surface area (Å²) < 4.78 is 23.5. The van der Waals surface area contributed by atoms with Crippen LogP contribution in [-0.2, 0) is 6.42 Å². The van der Waals surface area contributed by atoms with Gasteiger partial charge in [0.2, 0.25) is 11.8 Å². The van der Waals surface area contributed by atoms with Crippen molar-refractivity contribution >= 4 is 5.78 Å². The van der Waals surface area contributed by atoms with Gasteiger partial charge in [-0.1, -0.05) is 19.1 Å². The van der Waals surface area contributed by atoms with E-state index in [4.69, 9.17) is 9.15 Å². The maximum absolute atomic E-state index is 12.6. The Bertz CT molecular complexity index is 960. The molecule has 0 radical (unpaired) electrons. The summed E-state index contributed by atoms with van der Waals surface area (Å²) >= 11 is 0. The molecule has 3 aromatic rings. The highest BCUT2D eigenvalue weighted by Crippen LogP contribution is 2.20. The summed E-state index contributed by atoms with van der Waals surface area (Å²) in [5, 5.41) is 7.79. The van der Waals surface area contributed by atoms with E-state index in [2.05, 4.69) is 10.2 Å². The smallest absolute Gasteiger partial charge is 0.247 e. The summed E-state index contributed by atoms with van der Waals surface area (Å²) in [5.74, 6) is 1.57. The molecule has 0 saturated carbocycles. The molecule has 0 N–H and O–H groups in total. The van der Waals surface area contributed by atoms with Crippen molar-refractivity contribution in [3.63, 3.8) is 0 Å². The van der Waals surface area contributed by atoms with Crippen LogP contribution >= 0.6 is 0 Å². The minimum Gasteiger partial charge on any atom is -0.489 e. The lowest BCUT2D eigenvalue weighted by Gasteiger charge is -2.08. The molecule has 0 atom stereocenters. The average molecular weight is 380 g/mol. The predicted molar refractivity (Wildman–Crippen MR) is 104 cm³/mol. The summed E-state index contributed by atoms with van der Waals surface area (Å²) in [4.78, 5) is 12.5. The van der Waals surface area contributed by atoms with Crippen molar-refractivity contribution in [3.8, 4) is 17.2 Å². The number of carbonyl (C=O) groups excluding carboxylic acids is 1. The molecular weight excluding hydrogens is 359 g/mol. The van der Waals surface area contributed by atoms with Crippen molar-refractivity contribution in [2.24, 2.45) is 0 Å². The van der Waals surface area contributed by atoms with Gasteiger partial charge >= 0.3 is 0 Å². The van der Waals surface area contributed by atoms with Crippen LogP contribution in [0.2, 0.25) is 0 Å². The molecule has 1 heterocycles. The SMILES string of the molecule is CCC(=CF)COc1ccc(C(=O)Cc2ccc(-c3nnc(C)o3)cc2)cc1. The van der Waals surface area contributed by atoms with Gasteiger partial charge in [-0.15, -0.1) is 10.2 Å². The van der Waals surface area contributed by atoms with Crippen LogP contribution in [0.5, 0.6) is 5.75 Å². The van der Waals surface area contributed by atoms with E-state index in [0.717, 1.165) is 11.1 Å². The first-order chi connectivity index (χ1) is 13.6. The van der Waals surface area contributed by atoms with Crippen molar-refractivity contribution in [3.05, 3.63) is 77.5 Å². The van der Waals surface area contributed by atoms with Gasteiger partial charge in [-0.25, -0.2) is 4.39 Å². The summed E-state index contributed by atoms with van der Waals surface area (Å²) in [5.41, 5.74) is 2.89. The van der Waals surface area contributed by atoms with E-state index in [-0.39, 0.29) is 18.8 Å². The zero-order chi connectivity index (χ0) is 19.9. The molecule has 0 saturated heterocycles. The Morgan fingerprint density at radius 3 is 2.39 bits per heavy atom. The summed E-state index contributed by atoms with van der Waals surface area (Å²) in [6, 6.07) is 14.3. The van der Waals surface area contributed by atoms with Crippen LogP contribution in [0.1, 0.15) is 35.2 Å². The molecule has 0 bridgehead atoms. The standard InChI is InChI=1S/C22H21FN2O3/c1-3-16(13-23)14-27-20-10-8-18(9-11-20)21(26)12-17-4-6-19(7-5-17)22-25-24-15(2)28-22/h4-11,13H,3,12,14H2,1-2H3. The van der Waals surface area contributed by atoms with Crippen molar-refractivity contribution < 1.29 is 18.3 Å². The molecule has 144 valence electrons. The molecule has 0 aliphatic heterocycles. The second kappa shape index (κ2) is 9.08. The second-order valence-electron chi connectivity index (χ2n) is 6.36. The molecule has 0 fully saturated rings. The van der Waals surface area contributed by atoms with Gasteiger partial charge in [0.15, 0.2) is 5.78 Å². The molecule has 3 rings (SSSR count). The molecule has 0 aliphatic carbocycles. The van der Waals surface area contributed by atoms with E-state index in [1.54, 1.807) is 31.2 Å². The molecule has 0 aliphatic rings. The maximum Gasteiger partial charge on any atom is 0.247 e. The monoisotopic (exact) mass is 380 g/mol. The number of carbonyl (C=O) groups is 1. The zero-order valence-corrected chi connectivity index (χ0v) is 15.8. The third-order valence-corrected chi connectivity index (χ3v) is 4.30. The van der Waals surface area contributed by atoms with Gasteiger partial charge in [-0.2, -0.15) is 0 Å². The van der Waals surface area contributed by atoms with Crippen LogP contribution < -0.4 is 4.74 Å². The maximum atomic E-state index is 12.6. The highest BCUT2D eigenvalue weighted by molar-refractivity contribution is 5.97. The van der Waals surface area contributed by atoms with Gasteiger partial charge in [0, 0.05) is 24.5 Å². The lowest BCUT2D eigenvalue weighted by molar-refractivity contribution is 0.0993. The molecule has 6 heteroatoms. The summed E-state index contributed by atoms with van der Waals surface area (Å²) in [6.07, 6.45) is 1.45. The third-order valence-electron chi connectivity index (χ3n) is 4.30. The number of ether oxygens (including phenoxy) is 1. The zero-order valence-electron chi connectivity index (χ0n) is 15.8. The molecule has 2 aromatic carbocycles. The van der Waals surface area contributed by atoms with Crippen LogP contribution in [-0.4, -0.2) is 22.6 Å². The van der Waals surface area contributed by atoms with E-state index in [9.17, 15) is 9.18 Å². The Morgan fingerprint density at radius 2 is 1.82 bits per heavy atom. The quantitative estimate of drug-likeness (QED) is 0.508. The second-order valence-corrected chi connectivity index (χ2v) is 6.36. The van der Waals surface area contributed by atoms with Crippen LogP contribution in [0.15, 0.2) is 64.9 Å². The number of aromatic nitrogens is 2. The highest BCUT2D eigenvalue weighted by Gasteiger charge is 2.10. The Hall–Kier alpha value is -3.28. The number of rotatable bonds is 8. The number of halogens is 1. The van der Waals surface area contributed by atoms with Crippen LogP contribution in [0.3, 0.4) is 0 Å². The van der Waals surface area contributed by atoms with Gasteiger partial charge in [-0.3, -0.25) is 4.79 Å². The van der Waals surface area contributed by atoms with Crippen LogP contribution in [0.25, 0.3) is 11.5 Å². The number of Topliss-reactive ketones (excluding diaryl/α,β-unsaturated/α-hetero) is 1. The molecule has 5 nitrogen and oxygen atoms in total. The molecular formula is C22H21FN2O3. The Balaban J connectivity index is 1.60. The minimum absolute atomic E-state index is 0.00540. The van der Waals surface area contributed by atoms with Crippen LogP contribution in [0.4, 0.5) is 4.39 Å². The molecule has 0 spiro atoms. The van der Waals surface area contributed by atoms with E-state index in [1.807, 2.05) is 31.2 Å². The number of aryl methyl sites for hydroxylation is 1. The fourth-order valence-corrected chi connectivity index (χ4v) is 2.59. The lowest BCUT2D eigenvalue weighted by Crippen LogP contribution is -2.04. The Morgan fingerprint density at radius 1 is 1.11 bits per heavy atom. The first-order valence-electron chi connectivity index (χ1n) is 9.02. The van der Waals surface area contributed by atoms with E-state index < -0.39 is 0 Å². The normalized spacial score (nSPS) is 11.5.